The minimum absolute atomic E-state index is 0.0626. The van der Waals surface area contributed by atoms with Crippen LogP contribution in [0.3, 0.4) is 0 Å². The number of benzene rings is 1. The lowest BCUT2D eigenvalue weighted by Crippen LogP contribution is -2.30. The van der Waals surface area contributed by atoms with Crippen molar-refractivity contribution in [1.82, 2.24) is 4.90 Å². The highest BCUT2D eigenvalue weighted by molar-refractivity contribution is 9.11. The molecule has 2 aromatic rings. The Morgan fingerprint density at radius 3 is 2.60 bits per heavy atom. The standard InChI is InChI=1S/C15H15Br2NOS/c1-3-18(9-11-5-7-14(17)20-11)15(19)12-8-10(2)4-6-13(12)16/h4-8H,3,9H2,1-2H3. The second-order valence-corrected chi connectivity index (χ2v) is 7.91. The second kappa shape index (κ2) is 6.87. The van der Waals surface area contributed by atoms with Crippen LogP contribution in [0.15, 0.2) is 38.6 Å². The minimum Gasteiger partial charge on any atom is -0.334 e. The van der Waals surface area contributed by atoms with Crippen LogP contribution in [0.5, 0.6) is 0 Å². The van der Waals surface area contributed by atoms with Crippen LogP contribution in [0.4, 0.5) is 0 Å². The van der Waals surface area contributed by atoms with E-state index >= 15 is 0 Å². The molecule has 1 amide bonds. The number of aryl methyl sites for hydroxylation is 1. The average molecular weight is 417 g/mol. The normalized spacial score (nSPS) is 10.6. The quantitative estimate of drug-likeness (QED) is 0.666. The van der Waals surface area contributed by atoms with Crippen molar-refractivity contribution in [3.8, 4) is 0 Å². The first-order chi connectivity index (χ1) is 9.51. The number of carbonyl (C=O) groups is 1. The van der Waals surface area contributed by atoms with Crippen LogP contribution in [-0.4, -0.2) is 17.4 Å². The van der Waals surface area contributed by atoms with Gasteiger partial charge in [-0.25, -0.2) is 0 Å². The Balaban J connectivity index is 2.22. The highest BCUT2D eigenvalue weighted by Crippen LogP contribution is 2.25. The number of halogens is 2. The van der Waals surface area contributed by atoms with Gasteiger partial charge in [0.2, 0.25) is 0 Å². The van der Waals surface area contributed by atoms with Gasteiger partial charge >= 0.3 is 0 Å². The maximum atomic E-state index is 12.6. The summed E-state index contributed by atoms with van der Waals surface area (Å²) in [5.74, 6) is 0.0626. The molecule has 0 aliphatic rings. The van der Waals surface area contributed by atoms with Crippen molar-refractivity contribution in [2.75, 3.05) is 6.54 Å². The first kappa shape index (κ1) is 15.7. The molecule has 1 heterocycles. The van der Waals surface area contributed by atoms with Gasteiger partial charge in [-0.05, 0) is 70.0 Å². The number of amides is 1. The molecule has 2 rings (SSSR count). The molecular formula is C15H15Br2NOS. The van der Waals surface area contributed by atoms with Gasteiger partial charge in [0, 0.05) is 15.9 Å². The molecule has 1 aromatic carbocycles. The summed E-state index contributed by atoms with van der Waals surface area (Å²) in [6.07, 6.45) is 0. The lowest BCUT2D eigenvalue weighted by Gasteiger charge is -2.21. The monoisotopic (exact) mass is 415 g/mol. The zero-order valence-electron chi connectivity index (χ0n) is 11.3. The molecule has 0 saturated heterocycles. The fraction of sp³-hybridized carbons (Fsp3) is 0.267. The molecular weight excluding hydrogens is 402 g/mol. The summed E-state index contributed by atoms with van der Waals surface area (Å²) in [4.78, 5) is 15.7. The molecule has 0 saturated carbocycles. The van der Waals surface area contributed by atoms with E-state index in [1.54, 1.807) is 11.3 Å². The molecule has 0 spiro atoms. The van der Waals surface area contributed by atoms with Gasteiger partial charge in [0.25, 0.3) is 5.91 Å². The molecule has 0 bridgehead atoms. The summed E-state index contributed by atoms with van der Waals surface area (Å²) in [6.45, 7) is 5.33. The van der Waals surface area contributed by atoms with E-state index in [4.69, 9.17) is 0 Å². The lowest BCUT2D eigenvalue weighted by molar-refractivity contribution is 0.0753. The smallest absolute Gasteiger partial charge is 0.255 e. The predicted molar refractivity (Wildman–Crippen MR) is 91.3 cm³/mol. The molecule has 0 N–H and O–H groups in total. The molecule has 0 atom stereocenters. The molecule has 0 fully saturated rings. The number of thiophene rings is 1. The van der Waals surface area contributed by atoms with Crippen molar-refractivity contribution >= 4 is 49.1 Å². The first-order valence-electron chi connectivity index (χ1n) is 6.31. The van der Waals surface area contributed by atoms with Crippen LogP contribution in [0.25, 0.3) is 0 Å². The van der Waals surface area contributed by atoms with Gasteiger partial charge in [-0.2, -0.15) is 0 Å². The van der Waals surface area contributed by atoms with Crippen molar-refractivity contribution in [2.24, 2.45) is 0 Å². The zero-order valence-corrected chi connectivity index (χ0v) is 15.3. The van der Waals surface area contributed by atoms with Crippen LogP contribution in [0.1, 0.15) is 27.7 Å². The second-order valence-electron chi connectivity index (χ2n) is 4.51. The third kappa shape index (κ3) is 3.71. The third-order valence-electron chi connectivity index (χ3n) is 3.00. The Hall–Kier alpha value is -0.650. The molecule has 0 aliphatic heterocycles. The number of nitrogens with zero attached hydrogens (tertiary/aromatic N) is 1. The topological polar surface area (TPSA) is 20.3 Å². The van der Waals surface area contributed by atoms with E-state index in [0.29, 0.717) is 13.1 Å². The summed E-state index contributed by atoms with van der Waals surface area (Å²) in [6, 6.07) is 9.92. The summed E-state index contributed by atoms with van der Waals surface area (Å²) in [5, 5.41) is 0. The van der Waals surface area contributed by atoms with E-state index in [1.807, 2.05) is 43.0 Å². The van der Waals surface area contributed by atoms with Crippen LogP contribution in [0, 0.1) is 6.92 Å². The third-order valence-corrected chi connectivity index (χ3v) is 5.30. The molecule has 1 aromatic heterocycles. The fourth-order valence-electron chi connectivity index (χ4n) is 1.93. The molecule has 5 heteroatoms. The number of carbonyl (C=O) groups excluding carboxylic acids is 1. The molecule has 0 aliphatic carbocycles. The maximum absolute atomic E-state index is 12.6. The molecule has 20 heavy (non-hydrogen) atoms. The van der Waals surface area contributed by atoms with E-state index in [9.17, 15) is 4.79 Å². The average Bonchev–Trinajstić information content (AvgIpc) is 2.83. The van der Waals surface area contributed by atoms with Gasteiger partial charge in [0.15, 0.2) is 0 Å². The van der Waals surface area contributed by atoms with Gasteiger partial charge in [0.1, 0.15) is 0 Å². The van der Waals surface area contributed by atoms with Crippen molar-refractivity contribution < 1.29 is 4.79 Å². The van der Waals surface area contributed by atoms with Crippen LogP contribution in [-0.2, 0) is 6.54 Å². The van der Waals surface area contributed by atoms with E-state index < -0.39 is 0 Å². The molecule has 0 unspecified atom stereocenters. The fourth-order valence-corrected chi connectivity index (χ4v) is 3.84. The van der Waals surface area contributed by atoms with E-state index in [-0.39, 0.29) is 5.91 Å². The number of hydrogen-bond donors (Lipinski definition) is 0. The maximum Gasteiger partial charge on any atom is 0.255 e. The molecule has 0 radical (unpaired) electrons. The van der Waals surface area contributed by atoms with E-state index in [1.165, 1.54) is 4.88 Å². The Bertz CT molecular complexity index is 624. The van der Waals surface area contributed by atoms with Crippen molar-refractivity contribution in [3.63, 3.8) is 0 Å². The van der Waals surface area contributed by atoms with Crippen molar-refractivity contribution in [1.29, 1.82) is 0 Å². The van der Waals surface area contributed by atoms with Crippen LogP contribution < -0.4 is 0 Å². The molecule has 106 valence electrons. The summed E-state index contributed by atoms with van der Waals surface area (Å²) >= 11 is 8.58. The van der Waals surface area contributed by atoms with E-state index in [0.717, 1.165) is 19.4 Å². The highest BCUT2D eigenvalue weighted by Gasteiger charge is 2.18. The predicted octanol–water partition coefficient (Wildman–Crippen LogP) is 5.24. The summed E-state index contributed by atoms with van der Waals surface area (Å²) < 4.78 is 1.94. The lowest BCUT2D eigenvalue weighted by atomic mass is 10.1. The van der Waals surface area contributed by atoms with Gasteiger partial charge in [0.05, 0.1) is 15.9 Å². The largest absolute Gasteiger partial charge is 0.334 e. The Morgan fingerprint density at radius 2 is 2.00 bits per heavy atom. The summed E-state index contributed by atoms with van der Waals surface area (Å²) in [7, 11) is 0. The SMILES string of the molecule is CCN(Cc1ccc(Br)s1)C(=O)c1cc(C)ccc1Br. The van der Waals surface area contributed by atoms with Gasteiger partial charge in [-0.15, -0.1) is 11.3 Å². The van der Waals surface area contributed by atoms with Crippen LogP contribution >= 0.6 is 43.2 Å². The van der Waals surface area contributed by atoms with Gasteiger partial charge in [-0.3, -0.25) is 4.79 Å². The van der Waals surface area contributed by atoms with Crippen molar-refractivity contribution in [3.05, 3.63) is 54.6 Å². The highest BCUT2D eigenvalue weighted by atomic mass is 79.9. The Kier molecular flexibility index (Phi) is 5.41. The number of rotatable bonds is 4. The first-order valence-corrected chi connectivity index (χ1v) is 8.71. The van der Waals surface area contributed by atoms with Gasteiger partial charge < -0.3 is 4.90 Å². The van der Waals surface area contributed by atoms with Crippen LogP contribution in [0.2, 0.25) is 0 Å². The van der Waals surface area contributed by atoms with Crippen molar-refractivity contribution in [2.45, 2.75) is 20.4 Å². The minimum atomic E-state index is 0.0626. The molecule has 2 nitrogen and oxygen atoms in total. The summed E-state index contributed by atoms with van der Waals surface area (Å²) in [5.41, 5.74) is 1.81. The number of hydrogen-bond acceptors (Lipinski definition) is 2. The van der Waals surface area contributed by atoms with Gasteiger partial charge in [-0.1, -0.05) is 11.6 Å². The zero-order chi connectivity index (χ0) is 14.7. The Morgan fingerprint density at radius 1 is 1.25 bits per heavy atom. The van der Waals surface area contributed by atoms with E-state index in [2.05, 4.69) is 37.9 Å². The Labute approximate surface area is 140 Å².